The number of nitrogens with one attached hydrogen (secondary N) is 1. The number of carbonyl (C=O) groups is 1. The highest BCUT2D eigenvalue weighted by molar-refractivity contribution is 7.13. The van der Waals surface area contributed by atoms with Crippen molar-refractivity contribution in [1.29, 1.82) is 0 Å². The van der Waals surface area contributed by atoms with Crippen molar-refractivity contribution in [2.75, 3.05) is 6.54 Å². The van der Waals surface area contributed by atoms with Crippen molar-refractivity contribution in [1.82, 2.24) is 10.3 Å². The van der Waals surface area contributed by atoms with Crippen LogP contribution in [0.25, 0.3) is 0 Å². The third kappa shape index (κ3) is 3.78. The van der Waals surface area contributed by atoms with Gasteiger partial charge in [-0.25, -0.2) is 4.98 Å². The Kier molecular flexibility index (Phi) is 4.29. The second-order valence-corrected chi connectivity index (χ2v) is 7.67. The van der Waals surface area contributed by atoms with Crippen LogP contribution in [0.5, 0.6) is 0 Å². The molecule has 1 aromatic heterocycles. The van der Waals surface area contributed by atoms with Crippen LogP contribution < -0.4 is 5.32 Å². The first-order chi connectivity index (χ1) is 8.87. The van der Waals surface area contributed by atoms with Gasteiger partial charge in [0.25, 0.3) is 5.91 Å². The number of aryl methyl sites for hydroxylation is 2. The van der Waals surface area contributed by atoms with Gasteiger partial charge in [0, 0.05) is 6.54 Å². The molecular weight excluding hydrogens is 256 g/mol. The fourth-order valence-corrected chi connectivity index (χ4v) is 3.56. The van der Waals surface area contributed by atoms with Crippen molar-refractivity contribution in [2.24, 2.45) is 11.3 Å². The third-order valence-corrected chi connectivity index (χ3v) is 5.19. The van der Waals surface area contributed by atoms with Gasteiger partial charge in [0.05, 0.1) is 10.7 Å². The Morgan fingerprint density at radius 1 is 1.37 bits per heavy atom. The SMILES string of the molecule is Cc1nc(C)c(C(=O)NCC2CCC(C)(C)CC2)s1. The fraction of sp³-hybridized carbons (Fsp3) is 0.733. The summed E-state index contributed by atoms with van der Waals surface area (Å²) in [4.78, 5) is 17.2. The molecule has 3 nitrogen and oxygen atoms in total. The van der Waals surface area contributed by atoms with E-state index in [1.165, 1.54) is 37.0 Å². The van der Waals surface area contributed by atoms with Crippen molar-refractivity contribution in [3.05, 3.63) is 15.6 Å². The van der Waals surface area contributed by atoms with Gasteiger partial charge in [-0.1, -0.05) is 13.8 Å². The van der Waals surface area contributed by atoms with Crippen LogP contribution in [0.15, 0.2) is 0 Å². The van der Waals surface area contributed by atoms with Gasteiger partial charge < -0.3 is 5.32 Å². The van der Waals surface area contributed by atoms with Crippen LogP contribution in [-0.4, -0.2) is 17.4 Å². The van der Waals surface area contributed by atoms with E-state index in [-0.39, 0.29) is 5.91 Å². The van der Waals surface area contributed by atoms with E-state index in [4.69, 9.17) is 0 Å². The molecule has 1 amide bonds. The molecule has 1 saturated carbocycles. The van der Waals surface area contributed by atoms with Gasteiger partial charge in [0.1, 0.15) is 4.88 Å². The predicted octanol–water partition coefficient (Wildman–Crippen LogP) is 3.71. The number of thiazole rings is 1. The highest BCUT2D eigenvalue weighted by Crippen LogP contribution is 2.37. The molecule has 0 unspecified atom stereocenters. The number of hydrogen-bond acceptors (Lipinski definition) is 3. The normalized spacial score (nSPS) is 19.4. The molecule has 1 N–H and O–H groups in total. The van der Waals surface area contributed by atoms with E-state index in [0.717, 1.165) is 22.1 Å². The monoisotopic (exact) mass is 280 g/mol. The summed E-state index contributed by atoms with van der Waals surface area (Å²) in [5.41, 5.74) is 1.34. The van der Waals surface area contributed by atoms with E-state index >= 15 is 0 Å². The second-order valence-electron chi connectivity index (χ2n) is 6.47. The number of nitrogens with zero attached hydrogens (tertiary/aromatic N) is 1. The Hall–Kier alpha value is -0.900. The Labute approximate surface area is 119 Å². The molecule has 1 fully saturated rings. The molecule has 0 aliphatic heterocycles. The number of amides is 1. The molecule has 106 valence electrons. The Morgan fingerprint density at radius 2 is 2.00 bits per heavy atom. The molecule has 0 saturated heterocycles. The van der Waals surface area contributed by atoms with Crippen LogP contribution in [-0.2, 0) is 0 Å². The van der Waals surface area contributed by atoms with Gasteiger partial charge in [-0.2, -0.15) is 0 Å². The molecule has 0 radical (unpaired) electrons. The number of carbonyl (C=O) groups excluding carboxylic acids is 1. The average molecular weight is 280 g/mol. The maximum Gasteiger partial charge on any atom is 0.263 e. The van der Waals surface area contributed by atoms with Gasteiger partial charge in [-0.15, -0.1) is 11.3 Å². The minimum absolute atomic E-state index is 0.0490. The largest absolute Gasteiger partial charge is 0.351 e. The van der Waals surface area contributed by atoms with Gasteiger partial charge in [-0.05, 0) is 50.9 Å². The highest BCUT2D eigenvalue weighted by Gasteiger charge is 2.27. The molecule has 19 heavy (non-hydrogen) atoms. The van der Waals surface area contributed by atoms with Crippen molar-refractivity contribution >= 4 is 17.2 Å². The zero-order valence-corrected chi connectivity index (χ0v) is 13.2. The van der Waals surface area contributed by atoms with Crippen molar-refractivity contribution in [3.63, 3.8) is 0 Å². The van der Waals surface area contributed by atoms with Gasteiger partial charge in [-0.3, -0.25) is 4.79 Å². The zero-order chi connectivity index (χ0) is 14.0. The number of rotatable bonds is 3. The van der Waals surface area contributed by atoms with Gasteiger partial charge in [0.15, 0.2) is 0 Å². The predicted molar refractivity (Wildman–Crippen MR) is 79.7 cm³/mol. The second kappa shape index (κ2) is 5.61. The lowest BCUT2D eigenvalue weighted by atomic mass is 9.73. The Morgan fingerprint density at radius 3 is 2.53 bits per heavy atom. The molecule has 1 heterocycles. The van der Waals surface area contributed by atoms with Crippen LogP contribution >= 0.6 is 11.3 Å². The first-order valence-electron chi connectivity index (χ1n) is 7.09. The first kappa shape index (κ1) is 14.5. The summed E-state index contributed by atoms with van der Waals surface area (Å²) in [6.07, 6.45) is 5.00. The van der Waals surface area contributed by atoms with Crippen LogP contribution in [0.1, 0.15) is 59.9 Å². The molecule has 0 spiro atoms. The molecule has 0 aromatic carbocycles. The minimum Gasteiger partial charge on any atom is -0.351 e. The van der Waals surface area contributed by atoms with Crippen LogP contribution in [0.2, 0.25) is 0 Å². The smallest absolute Gasteiger partial charge is 0.263 e. The van der Waals surface area contributed by atoms with Gasteiger partial charge >= 0.3 is 0 Å². The van der Waals surface area contributed by atoms with Crippen molar-refractivity contribution in [3.8, 4) is 0 Å². The van der Waals surface area contributed by atoms with Gasteiger partial charge in [0.2, 0.25) is 0 Å². The molecule has 4 heteroatoms. The van der Waals surface area contributed by atoms with Crippen LogP contribution in [0, 0.1) is 25.2 Å². The highest BCUT2D eigenvalue weighted by atomic mass is 32.1. The molecule has 0 atom stereocenters. The molecule has 1 aliphatic rings. The Balaban J connectivity index is 1.83. The van der Waals surface area contributed by atoms with Crippen molar-refractivity contribution in [2.45, 2.75) is 53.4 Å². The molecule has 0 bridgehead atoms. The standard InChI is InChI=1S/C15H24N2OS/c1-10-13(19-11(2)17-10)14(18)16-9-12-5-7-15(3,4)8-6-12/h12H,5-9H2,1-4H3,(H,16,18). The van der Waals surface area contributed by atoms with E-state index < -0.39 is 0 Å². The van der Waals surface area contributed by atoms with E-state index in [2.05, 4.69) is 24.1 Å². The van der Waals surface area contributed by atoms with E-state index in [0.29, 0.717) is 11.3 Å². The summed E-state index contributed by atoms with van der Waals surface area (Å²) in [5.74, 6) is 0.694. The van der Waals surface area contributed by atoms with E-state index in [1.807, 2.05) is 13.8 Å². The average Bonchev–Trinajstić information content (AvgIpc) is 2.67. The van der Waals surface area contributed by atoms with E-state index in [1.54, 1.807) is 0 Å². The van der Waals surface area contributed by atoms with E-state index in [9.17, 15) is 4.79 Å². The lowest BCUT2D eigenvalue weighted by Gasteiger charge is -2.34. The molecule has 1 aromatic rings. The lowest BCUT2D eigenvalue weighted by Crippen LogP contribution is -2.32. The van der Waals surface area contributed by atoms with Crippen LogP contribution in [0.4, 0.5) is 0 Å². The van der Waals surface area contributed by atoms with Crippen molar-refractivity contribution < 1.29 is 4.79 Å². The molecule has 2 rings (SSSR count). The third-order valence-electron chi connectivity index (χ3n) is 4.12. The zero-order valence-electron chi connectivity index (χ0n) is 12.4. The fourth-order valence-electron chi connectivity index (χ4n) is 2.72. The maximum atomic E-state index is 12.1. The van der Waals surface area contributed by atoms with Crippen LogP contribution in [0.3, 0.4) is 0 Å². The summed E-state index contributed by atoms with van der Waals surface area (Å²) >= 11 is 1.49. The lowest BCUT2D eigenvalue weighted by molar-refractivity contribution is 0.0939. The summed E-state index contributed by atoms with van der Waals surface area (Å²) < 4.78 is 0. The summed E-state index contributed by atoms with van der Waals surface area (Å²) in [7, 11) is 0. The molecular formula is C15H24N2OS. The summed E-state index contributed by atoms with van der Waals surface area (Å²) in [5, 5.41) is 4.04. The molecule has 1 aliphatic carbocycles. The number of aromatic nitrogens is 1. The minimum atomic E-state index is 0.0490. The summed E-state index contributed by atoms with van der Waals surface area (Å²) in [6.45, 7) is 9.33. The first-order valence-corrected chi connectivity index (χ1v) is 7.91. The quantitative estimate of drug-likeness (QED) is 0.917. The topological polar surface area (TPSA) is 42.0 Å². The maximum absolute atomic E-state index is 12.1. The summed E-state index contributed by atoms with van der Waals surface area (Å²) in [6, 6.07) is 0. The number of hydrogen-bond donors (Lipinski definition) is 1. The Bertz CT molecular complexity index is 455.